The molecule has 6 heteroatoms. The SMILES string of the molecule is N#Cc1ccc(NCc2ncn[nH]2)c(N)c1. The van der Waals surface area contributed by atoms with E-state index in [2.05, 4.69) is 20.5 Å². The van der Waals surface area contributed by atoms with Gasteiger partial charge < -0.3 is 11.1 Å². The maximum atomic E-state index is 8.68. The monoisotopic (exact) mass is 214 g/mol. The number of benzene rings is 1. The van der Waals surface area contributed by atoms with E-state index >= 15 is 0 Å². The topological polar surface area (TPSA) is 103 Å². The fourth-order valence-corrected chi connectivity index (χ4v) is 1.29. The lowest BCUT2D eigenvalue weighted by Gasteiger charge is -2.07. The maximum Gasteiger partial charge on any atom is 0.143 e. The van der Waals surface area contributed by atoms with Crippen LogP contribution in [0.3, 0.4) is 0 Å². The maximum absolute atomic E-state index is 8.68. The number of aromatic amines is 1. The number of rotatable bonds is 3. The highest BCUT2D eigenvalue weighted by molar-refractivity contribution is 5.68. The summed E-state index contributed by atoms with van der Waals surface area (Å²) in [6, 6.07) is 7.13. The van der Waals surface area contributed by atoms with E-state index in [0.29, 0.717) is 17.8 Å². The number of nitrogens with zero attached hydrogens (tertiary/aromatic N) is 3. The lowest BCUT2D eigenvalue weighted by Crippen LogP contribution is -2.04. The van der Waals surface area contributed by atoms with E-state index in [9.17, 15) is 0 Å². The highest BCUT2D eigenvalue weighted by Crippen LogP contribution is 2.19. The zero-order valence-corrected chi connectivity index (χ0v) is 8.44. The summed E-state index contributed by atoms with van der Waals surface area (Å²) >= 11 is 0. The highest BCUT2D eigenvalue weighted by atomic mass is 15.2. The number of hydrogen-bond donors (Lipinski definition) is 3. The van der Waals surface area contributed by atoms with Gasteiger partial charge in [0.2, 0.25) is 0 Å². The van der Waals surface area contributed by atoms with Gasteiger partial charge in [-0.2, -0.15) is 10.4 Å². The minimum Gasteiger partial charge on any atom is -0.397 e. The second-order valence-corrected chi connectivity index (χ2v) is 3.20. The molecule has 0 aliphatic heterocycles. The molecule has 0 aliphatic rings. The van der Waals surface area contributed by atoms with Crippen LogP contribution in [0.5, 0.6) is 0 Å². The van der Waals surface area contributed by atoms with Crippen LogP contribution in [0.25, 0.3) is 0 Å². The van der Waals surface area contributed by atoms with E-state index in [4.69, 9.17) is 11.0 Å². The molecule has 0 saturated carbocycles. The Labute approximate surface area is 92.1 Å². The molecule has 0 aliphatic carbocycles. The second-order valence-electron chi connectivity index (χ2n) is 3.20. The fourth-order valence-electron chi connectivity index (χ4n) is 1.29. The van der Waals surface area contributed by atoms with Crippen molar-refractivity contribution < 1.29 is 0 Å². The number of anilines is 2. The summed E-state index contributed by atoms with van der Waals surface area (Å²) in [6.45, 7) is 0.510. The number of H-pyrrole nitrogens is 1. The van der Waals surface area contributed by atoms with Crippen LogP contribution in [-0.4, -0.2) is 15.2 Å². The molecule has 2 rings (SSSR count). The van der Waals surface area contributed by atoms with Crippen molar-refractivity contribution in [2.75, 3.05) is 11.1 Å². The molecule has 0 radical (unpaired) electrons. The van der Waals surface area contributed by atoms with Gasteiger partial charge in [-0.1, -0.05) is 0 Å². The smallest absolute Gasteiger partial charge is 0.143 e. The first-order valence-corrected chi connectivity index (χ1v) is 4.67. The summed E-state index contributed by atoms with van der Waals surface area (Å²) in [5.41, 5.74) is 7.63. The molecule has 0 fully saturated rings. The zero-order valence-electron chi connectivity index (χ0n) is 8.44. The third-order valence-corrected chi connectivity index (χ3v) is 2.09. The molecular formula is C10H10N6. The summed E-state index contributed by atoms with van der Waals surface area (Å²) in [5.74, 6) is 0.726. The molecule has 0 spiro atoms. The molecule has 0 bridgehead atoms. The third kappa shape index (κ3) is 2.09. The number of aromatic nitrogens is 3. The molecular weight excluding hydrogens is 204 g/mol. The quantitative estimate of drug-likeness (QED) is 0.658. The molecule has 0 unspecified atom stereocenters. The van der Waals surface area contributed by atoms with Gasteiger partial charge >= 0.3 is 0 Å². The number of nitrogens with one attached hydrogen (secondary N) is 2. The van der Waals surface area contributed by atoms with Gasteiger partial charge in [-0.05, 0) is 18.2 Å². The number of nitriles is 1. The van der Waals surface area contributed by atoms with Gasteiger partial charge in [0, 0.05) is 0 Å². The average molecular weight is 214 g/mol. The van der Waals surface area contributed by atoms with Crippen LogP contribution in [0.15, 0.2) is 24.5 Å². The average Bonchev–Trinajstić information content (AvgIpc) is 2.80. The molecule has 1 aromatic heterocycles. The van der Waals surface area contributed by atoms with Crippen LogP contribution in [0.1, 0.15) is 11.4 Å². The lowest BCUT2D eigenvalue weighted by molar-refractivity contribution is 0.955. The Bertz CT molecular complexity index is 511. The number of hydrogen-bond acceptors (Lipinski definition) is 5. The van der Waals surface area contributed by atoms with Gasteiger partial charge in [-0.15, -0.1) is 0 Å². The number of nitrogens with two attached hydrogens (primary N) is 1. The molecule has 1 aromatic carbocycles. The molecule has 0 saturated heterocycles. The van der Waals surface area contributed by atoms with Gasteiger partial charge in [0.05, 0.1) is 29.6 Å². The molecule has 80 valence electrons. The van der Waals surface area contributed by atoms with Crippen LogP contribution < -0.4 is 11.1 Å². The first kappa shape index (κ1) is 9.98. The van der Waals surface area contributed by atoms with Crippen LogP contribution in [0, 0.1) is 11.3 Å². The minimum atomic E-state index is 0.510. The summed E-state index contributed by atoms with van der Waals surface area (Å²) in [6.07, 6.45) is 1.44. The Morgan fingerprint density at radius 2 is 2.38 bits per heavy atom. The predicted octanol–water partition coefficient (Wildman–Crippen LogP) is 0.871. The van der Waals surface area contributed by atoms with Gasteiger partial charge in [0.25, 0.3) is 0 Å². The molecule has 1 heterocycles. The zero-order chi connectivity index (χ0) is 11.4. The van der Waals surface area contributed by atoms with Gasteiger partial charge in [-0.3, -0.25) is 5.10 Å². The number of nitrogen functional groups attached to an aromatic ring is 1. The molecule has 0 atom stereocenters. The van der Waals surface area contributed by atoms with Crippen molar-refractivity contribution in [2.24, 2.45) is 0 Å². The van der Waals surface area contributed by atoms with E-state index in [0.717, 1.165) is 11.5 Å². The standard InChI is InChI=1S/C10H10N6/c11-4-7-1-2-9(8(12)3-7)13-5-10-14-6-15-16-10/h1-3,6,13H,5,12H2,(H,14,15,16). The predicted molar refractivity (Wildman–Crippen MR) is 59.3 cm³/mol. The lowest BCUT2D eigenvalue weighted by atomic mass is 10.2. The summed E-state index contributed by atoms with van der Waals surface area (Å²) in [7, 11) is 0. The Morgan fingerprint density at radius 3 is 3.00 bits per heavy atom. The van der Waals surface area contributed by atoms with Crippen molar-refractivity contribution in [2.45, 2.75) is 6.54 Å². The van der Waals surface area contributed by atoms with Gasteiger partial charge in [0.15, 0.2) is 0 Å². The Kier molecular flexibility index (Phi) is 2.69. The Balaban J connectivity index is 2.08. The van der Waals surface area contributed by atoms with E-state index in [1.807, 2.05) is 6.07 Å². The van der Waals surface area contributed by atoms with Gasteiger partial charge in [0.1, 0.15) is 12.2 Å². The Hall–Kier alpha value is -2.55. The molecule has 2 aromatic rings. The largest absolute Gasteiger partial charge is 0.397 e. The fraction of sp³-hybridized carbons (Fsp3) is 0.100. The van der Waals surface area contributed by atoms with Crippen molar-refractivity contribution in [1.29, 1.82) is 5.26 Å². The summed E-state index contributed by atoms with van der Waals surface area (Å²) in [4.78, 5) is 3.97. The molecule has 6 nitrogen and oxygen atoms in total. The minimum absolute atomic E-state index is 0.510. The normalized spacial score (nSPS) is 9.69. The molecule has 0 amide bonds. The first-order valence-electron chi connectivity index (χ1n) is 4.67. The van der Waals surface area contributed by atoms with Crippen molar-refractivity contribution in [3.05, 3.63) is 35.9 Å². The molecule has 16 heavy (non-hydrogen) atoms. The highest BCUT2D eigenvalue weighted by Gasteiger charge is 2.01. The van der Waals surface area contributed by atoms with E-state index in [-0.39, 0.29) is 0 Å². The summed E-state index contributed by atoms with van der Waals surface area (Å²) < 4.78 is 0. The van der Waals surface area contributed by atoms with E-state index < -0.39 is 0 Å². The van der Waals surface area contributed by atoms with Crippen LogP contribution >= 0.6 is 0 Å². The third-order valence-electron chi connectivity index (χ3n) is 2.09. The first-order chi connectivity index (χ1) is 7.79. The van der Waals surface area contributed by atoms with Crippen molar-refractivity contribution in [1.82, 2.24) is 15.2 Å². The van der Waals surface area contributed by atoms with Crippen LogP contribution in [-0.2, 0) is 6.54 Å². The van der Waals surface area contributed by atoms with E-state index in [1.165, 1.54) is 6.33 Å². The molecule has 4 N–H and O–H groups in total. The van der Waals surface area contributed by atoms with Crippen molar-refractivity contribution >= 4 is 11.4 Å². The summed E-state index contributed by atoms with van der Waals surface area (Å²) in [5, 5.41) is 18.2. The Morgan fingerprint density at radius 1 is 1.50 bits per heavy atom. The van der Waals surface area contributed by atoms with Gasteiger partial charge in [-0.25, -0.2) is 4.98 Å². The van der Waals surface area contributed by atoms with E-state index in [1.54, 1.807) is 18.2 Å². The van der Waals surface area contributed by atoms with Crippen molar-refractivity contribution in [3.63, 3.8) is 0 Å². The van der Waals surface area contributed by atoms with Crippen LogP contribution in [0.4, 0.5) is 11.4 Å². The van der Waals surface area contributed by atoms with Crippen LogP contribution in [0.2, 0.25) is 0 Å². The van der Waals surface area contributed by atoms with Crippen molar-refractivity contribution in [3.8, 4) is 6.07 Å². The second kappa shape index (κ2) is 4.31.